The van der Waals surface area contributed by atoms with Crippen molar-refractivity contribution in [1.82, 2.24) is 0 Å². The molecule has 2 atom stereocenters. The molecule has 0 bridgehead atoms. The Morgan fingerprint density at radius 1 is 1.26 bits per heavy atom. The quantitative estimate of drug-likeness (QED) is 0.770. The lowest BCUT2D eigenvalue weighted by Gasteiger charge is -2.20. The molecule has 5 heteroatoms. The molecule has 0 aliphatic carbocycles. The third-order valence-corrected chi connectivity index (χ3v) is 4.91. The number of hydrogen-bond acceptors (Lipinski definition) is 3. The molecule has 19 heavy (non-hydrogen) atoms. The van der Waals surface area contributed by atoms with Crippen LogP contribution in [-0.2, 0) is 11.3 Å². The Morgan fingerprint density at radius 2 is 2.05 bits per heavy atom. The van der Waals surface area contributed by atoms with Crippen LogP contribution in [0.25, 0.3) is 0 Å². The number of nitrogens with two attached hydrogens (primary N) is 1. The minimum Gasteiger partial charge on any atom is -0.366 e. The molecule has 1 heterocycles. The van der Waals surface area contributed by atoms with E-state index in [2.05, 4.69) is 44.0 Å². The van der Waals surface area contributed by atoms with Gasteiger partial charge >= 0.3 is 0 Å². The highest BCUT2D eigenvalue weighted by molar-refractivity contribution is 9.10. The van der Waals surface area contributed by atoms with Gasteiger partial charge in [-0.1, -0.05) is 28.1 Å². The number of rotatable bonds is 5. The van der Waals surface area contributed by atoms with E-state index in [4.69, 9.17) is 10.5 Å². The van der Waals surface area contributed by atoms with E-state index < -0.39 is 0 Å². The van der Waals surface area contributed by atoms with Gasteiger partial charge in [0.15, 0.2) is 0 Å². The molecule has 1 aromatic heterocycles. The molecule has 0 saturated carbocycles. The van der Waals surface area contributed by atoms with Crippen molar-refractivity contribution >= 4 is 43.2 Å². The highest BCUT2D eigenvalue weighted by atomic mass is 79.9. The second-order valence-corrected chi connectivity index (χ2v) is 7.16. The molecule has 2 nitrogen and oxygen atoms in total. The van der Waals surface area contributed by atoms with Crippen LogP contribution in [0.15, 0.2) is 44.7 Å². The fourth-order valence-corrected chi connectivity index (χ4v) is 3.84. The fraction of sp³-hybridized carbons (Fsp3) is 0.286. The van der Waals surface area contributed by atoms with E-state index in [9.17, 15) is 0 Å². The molecule has 0 aliphatic heterocycles. The Bertz CT molecular complexity index is 542. The van der Waals surface area contributed by atoms with Gasteiger partial charge in [0, 0.05) is 25.2 Å². The van der Waals surface area contributed by atoms with Gasteiger partial charge in [-0.3, -0.25) is 0 Å². The fourth-order valence-electron chi connectivity index (χ4n) is 1.78. The zero-order valence-corrected chi connectivity index (χ0v) is 14.5. The van der Waals surface area contributed by atoms with Crippen LogP contribution in [0.3, 0.4) is 0 Å². The van der Waals surface area contributed by atoms with Crippen molar-refractivity contribution in [3.63, 3.8) is 0 Å². The summed E-state index contributed by atoms with van der Waals surface area (Å²) >= 11 is 8.59. The van der Waals surface area contributed by atoms with Crippen molar-refractivity contribution in [2.75, 3.05) is 0 Å². The van der Waals surface area contributed by atoms with E-state index >= 15 is 0 Å². The summed E-state index contributed by atoms with van der Waals surface area (Å²) in [5, 5.41) is 2.05. The molecule has 2 unspecified atom stereocenters. The molecular formula is C14H15Br2NOS. The molecule has 2 rings (SSSR count). The third-order valence-electron chi connectivity index (χ3n) is 2.66. The van der Waals surface area contributed by atoms with Crippen LogP contribution in [0.1, 0.15) is 23.5 Å². The first-order valence-corrected chi connectivity index (χ1v) is 8.38. The molecular weight excluding hydrogens is 390 g/mol. The van der Waals surface area contributed by atoms with Gasteiger partial charge in [0.1, 0.15) is 6.10 Å². The normalized spacial score (nSPS) is 14.3. The van der Waals surface area contributed by atoms with E-state index in [-0.39, 0.29) is 12.1 Å². The van der Waals surface area contributed by atoms with Crippen molar-refractivity contribution in [1.29, 1.82) is 0 Å². The molecule has 2 aromatic rings. The summed E-state index contributed by atoms with van der Waals surface area (Å²) < 4.78 is 8.12. The maximum absolute atomic E-state index is 6.03. The van der Waals surface area contributed by atoms with Crippen molar-refractivity contribution in [2.24, 2.45) is 5.73 Å². The van der Waals surface area contributed by atoms with Crippen molar-refractivity contribution in [2.45, 2.75) is 25.7 Å². The van der Waals surface area contributed by atoms with Gasteiger partial charge in [-0.05, 0) is 46.6 Å². The van der Waals surface area contributed by atoms with Crippen molar-refractivity contribution < 1.29 is 4.74 Å². The first kappa shape index (κ1) is 15.2. The van der Waals surface area contributed by atoms with E-state index in [0.29, 0.717) is 6.61 Å². The van der Waals surface area contributed by atoms with Crippen LogP contribution >= 0.6 is 43.2 Å². The second kappa shape index (κ2) is 6.99. The SMILES string of the molecule is CC(N)C(OCc1cccc(Br)c1)c1cc(Br)cs1. The molecule has 0 radical (unpaired) electrons. The number of benzene rings is 1. The Balaban J connectivity index is 2.06. The first-order valence-electron chi connectivity index (χ1n) is 5.92. The predicted molar refractivity (Wildman–Crippen MR) is 87.3 cm³/mol. The largest absolute Gasteiger partial charge is 0.366 e. The molecule has 102 valence electrons. The highest BCUT2D eigenvalue weighted by Crippen LogP contribution is 2.30. The molecule has 0 spiro atoms. The Morgan fingerprint density at radius 3 is 2.63 bits per heavy atom. The van der Waals surface area contributed by atoms with E-state index in [1.54, 1.807) is 11.3 Å². The summed E-state index contributed by atoms with van der Waals surface area (Å²) in [4.78, 5) is 1.15. The maximum Gasteiger partial charge on any atom is 0.107 e. The Hall–Kier alpha value is -0.200. The van der Waals surface area contributed by atoms with Gasteiger partial charge in [0.05, 0.1) is 6.61 Å². The first-order chi connectivity index (χ1) is 9.06. The van der Waals surface area contributed by atoms with Crippen LogP contribution in [0, 0.1) is 0 Å². The van der Waals surface area contributed by atoms with Gasteiger partial charge in [-0.15, -0.1) is 11.3 Å². The summed E-state index contributed by atoms with van der Waals surface area (Å²) in [5.74, 6) is 0. The molecule has 0 aliphatic rings. The van der Waals surface area contributed by atoms with E-state index in [1.807, 2.05) is 30.5 Å². The predicted octanol–water partition coefficient (Wildman–Crippen LogP) is 4.88. The minimum atomic E-state index is -0.0738. The zero-order chi connectivity index (χ0) is 13.8. The summed E-state index contributed by atoms with van der Waals surface area (Å²) in [6.07, 6.45) is -0.0738. The van der Waals surface area contributed by atoms with Crippen LogP contribution in [0.2, 0.25) is 0 Å². The van der Waals surface area contributed by atoms with Crippen LogP contribution in [0.4, 0.5) is 0 Å². The minimum absolute atomic E-state index is 0.0438. The second-order valence-electron chi connectivity index (χ2n) is 4.39. The maximum atomic E-state index is 6.03. The average Bonchev–Trinajstić information content (AvgIpc) is 2.76. The summed E-state index contributed by atoms with van der Waals surface area (Å²) in [6, 6.07) is 10.1. The molecule has 2 N–H and O–H groups in total. The van der Waals surface area contributed by atoms with E-state index in [1.165, 1.54) is 0 Å². The van der Waals surface area contributed by atoms with Crippen LogP contribution in [-0.4, -0.2) is 6.04 Å². The molecule has 0 fully saturated rings. The van der Waals surface area contributed by atoms with Gasteiger partial charge in [0.25, 0.3) is 0 Å². The lowest BCUT2D eigenvalue weighted by atomic mass is 10.1. The standard InChI is InChI=1S/C14H15Br2NOS/c1-9(17)14(13-6-12(16)8-19-13)18-7-10-3-2-4-11(15)5-10/h2-6,8-9,14H,7,17H2,1H3. The van der Waals surface area contributed by atoms with Gasteiger partial charge in [-0.2, -0.15) is 0 Å². The number of thiophene rings is 1. The molecule has 1 aromatic carbocycles. The molecule has 0 amide bonds. The van der Waals surface area contributed by atoms with Crippen molar-refractivity contribution in [3.8, 4) is 0 Å². The van der Waals surface area contributed by atoms with Crippen molar-refractivity contribution in [3.05, 3.63) is 55.1 Å². The monoisotopic (exact) mass is 403 g/mol. The third kappa shape index (κ3) is 4.39. The Labute approximate surface area is 134 Å². The summed E-state index contributed by atoms with van der Waals surface area (Å²) in [6.45, 7) is 2.53. The summed E-state index contributed by atoms with van der Waals surface area (Å²) in [5.41, 5.74) is 7.16. The molecule has 0 saturated heterocycles. The zero-order valence-electron chi connectivity index (χ0n) is 10.5. The lowest BCUT2D eigenvalue weighted by Crippen LogP contribution is -2.26. The topological polar surface area (TPSA) is 35.2 Å². The van der Waals surface area contributed by atoms with Gasteiger partial charge in [0.2, 0.25) is 0 Å². The lowest BCUT2D eigenvalue weighted by molar-refractivity contribution is 0.0282. The Kier molecular flexibility index (Phi) is 5.59. The summed E-state index contributed by atoms with van der Waals surface area (Å²) in [7, 11) is 0. The van der Waals surface area contributed by atoms with Gasteiger partial charge in [-0.25, -0.2) is 0 Å². The number of hydrogen-bond donors (Lipinski definition) is 1. The average molecular weight is 405 g/mol. The van der Waals surface area contributed by atoms with Crippen LogP contribution < -0.4 is 5.73 Å². The van der Waals surface area contributed by atoms with Crippen LogP contribution in [0.5, 0.6) is 0 Å². The number of ether oxygens (including phenoxy) is 1. The highest BCUT2D eigenvalue weighted by Gasteiger charge is 2.19. The van der Waals surface area contributed by atoms with Gasteiger partial charge < -0.3 is 10.5 Å². The van der Waals surface area contributed by atoms with E-state index in [0.717, 1.165) is 19.4 Å². The smallest absolute Gasteiger partial charge is 0.107 e. The number of halogens is 2.